The van der Waals surface area contributed by atoms with Crippen LogP contribution in [0, 0.1) is 5.82 Å². The molecule has 0 bridgehead atoms. The maximum absolute atomic E-state index is 13.7. The molecule has 0 aliphatic carbocycles. The van der Waals surface area contributed by atoms with Crippen molar-refractivity contribution in [2.75, 3.05) is 18.4 Å². The second kappa shape index (κ2) is 10.6. The van der Waals surface area contributed by atoms with Gasteiger partial charge in [0.2, 0.25) is 0 Å². The molecule has 35 heavy (non-hydrogen) atoms. The zero-order valence-electron chi connectivity index (χ0n) is 19.4. The number of ether oxygens (including phenoxy) is 1. The van der Waals surface area contributed by atoms with Gasteiger partial charge in [-0.2, -0.15) is 0 Å². The fraction of sp³-hybridized carbons (Fsp3) is 0.185. The van der Waals surface area contributed by atoms with Crippen LogP contribution in [0.15, 0.2) is 72.9 Å². The van der Waals surface area contributed by atoms with Crippen molar-refractivity contribution in [2.45, 2.75) is 20.4 Å². The molecule has 0 fully saturated rings. The maximum atomic E-state index is 13.7. The summed E-state index contributed by atoms with van der Waals surface area (Å²) in [6.07, 6.45) is 1.38. The third-order valence-electron chi connectivity index (χ3n) is 5.73. The maximum Gasteiger partial charge on any atom is 0.415 e. The molecule has 0 saturated carbocycles. The van der Waals surface area contributed by atoms with Crippen LogP contribution in [-0.2, 0) is 6.54 Å². The van der Waals surface area contributed by atoms with Gasteiger partial charge in [-0.05, 0) is 67.9 Å². The molecule has 8 heteroatoms. The van der Waals surface area contributed by atoms with E-state index in [4.69, 9.17) is 16.3 Å². The lowest BCUT2D eigenvalue weighted by Gasteiger charge is -2.20. The highest BCUT2D eigenvalue weighted by molar-refractivity contribution is 6.30. The smallest absolute Gasteiger partial charge is 0.408 e. The van der Waals surface area contributed by atoms with Gasteiger partial charge in [-0.15, -0.1) is 0 Å². The van der Waals surface area contributed by atoms with Crippen molar-refractivity contribution in [3.05, 3.63) is 94.9 Å². The minimum Gasteiger partial charge on any atom is -0.408 e. The Kier molecular flexibility index (Phi) is 7.36. The molecule has 0 spiro atoms. The van der Waals surface area contributed by atoms with Gasteiger partial charge in [0.05, 0.1) is 11.2 Å². The van der Waals surface area contributed by atoms with Gasteiger partial charge in [0.15, 0.2) is 5.75 Å². The van der Waals surface area contributed by atoms with Crippen LogP contribution in [0.4, 0.5) is 14.9 Å². The van der Waals surface area contributed by atoms with Crippen molar-refractivity contribution in [3.8, 4) is 5.75 Å². The van der Waals surface area contributed by atoms with Crippen molar-refractivity contribution >= 4 is 40.2 Å². The molecule has 4 rings (SSSR count). The Labute approximate surface area is 207 Å². The number of carbonyl (C=O) groups excluding carboxylic acids is 2. The van der Waals surface area contributed by atoms with E-state index in [-0.39, 0.29) is 11.3 Å². The Hall–Kier alpha value is -3.84. The Balaban J connectivity index is 1.73. The van der Waals surface area contributed by atoms with Crippen molar-refractivity contribution in [1.82, 2.24) is 9.47 Å². The normalized spacial score (nSPS) is 10.9. The quantitative estimate of drug-likeness (QED) is 0.316. The van der Waals surface area contributed by atoms with Crippen LogP contribution in [0.25, 0.3) is 10.9 Å². The molecule has 0 aliphatic heterocycles. The Morgan fingerprint density at radius 2 is 1.77 bits per heavy atom. The lowest BCUT2D eigenvalue weighted by molar-refractivity contribution is 0.102. The van der Waals surface area contributed by atoms with Gasteiger partial charge in [0.25, 0.3) is 5.91 Å². The molecule has 6 nitrogen and oxygen atoms in total. The van der Waals surface area contributed by atoms with E-state index in [1.54, 1.807) is 6.07 Å². The van der Waals surface area contributed by atoms with Gasteiger partial charge in [-0.3, -0.25) is 4.79 Å². The zero-order chi connectivity index (χ0) is 24.9. The number of halogens is 2. The van der Waals surface area contributed by atoms with Gasteiger partial charge in [0.1, 0.15) is 5.82 Å². The fourth-order valence-corrected chi connectivity index (χ4v) is 3.97. The summed E-state index contributed by atoms with van der Waals surface area (Å²) in [5.74, 6) is -0.816. The van der Waals surface area contributed by atoms with E-state index in [2.05, 4.69) is 5.32 Å². The summed E-state index contributed by atoms with van der Waals surface area (Å²) in [7, 11) is 0. The number of amides is 2. The number of benzene rings is 3. The van der Waals surface area contributed by atoms with E-state index >= 15 is 0 Å². The number of fused-ring (bicyclic) bond motifs is 1. The van der Waals surface area contributed by atoms with Crippen LogP contribution in [0.3, 0.4) is 0 Å². The summed E-state index contributed by atoms with van der Waals surface area (Å²) in [5.41, 5.74) is 2.38. The number of rotatable bonds is 7. The molecule has 0 saturated heterocycles. The fourth-order valence-electron chi connectivity index (χ4n) is 3.85. The van der Waals surface area contributed by atoms with Crippen molar-refractivity contribution < 1.29 is 18.7 Å². The number of aromatic nitrogens is 1. The molecule has 0 atom stereocenters. The predicted molar refractivity (Wildman–Crippen MR) is 136 cm³/mol. The van der Waals surface area contributed by atoms with E-state index in [1.807, 2.05) is 61.0 Å². The molecule has 0 radical (unpaired) electrons. The minimum absolute atomic E-state index is 0.156. The van der Waals surface area contributed by atoms with Gasteiger partial charge >= 0.3 is 6.09 Å². The second-order valence-electron chi connectivity index (χ2n) is 7.95. The van der Waals surface area contributed by atoms with Crippen LogP contribution in [0.1, 0.15) is 29.8 Å². The van der Waals surface area contributed by atoms with Crippen molar-refractivity contribution in [2.24, 2.45) is 0 Å². The van der Waals surface area contributed by atoms with Gasteiger partial charge < -0.3 is 19.5 Å². The second-order valence-corrected chi connectivity index (χ2v) is 8.38. The van der Waals surface area contributed by atoms with Crippen LogP contribution in [0.2, 0.25) is 5.02 Å². The highest BCUT2D eigenvalue weighted by Crippen LogP contribution is 2.35. The van der Waals surface area contributed by atoms with E-state index in [1.165, 1.54) is 23.1 Å². The first-order valence-electron chi connectivity index (χ1n) is 11.3. The monoisotopic (exact) mass is 493 g/mol. The Morgan fingerprint density at radius 1 is 1.03 bits per heavy atom. The largest absolute Gasteiger partial charge is 0.415 e. The number of anilines is 1. The highest BCUT2D eigenvalue weighted by Gasteiger charge is 2.20. The molecule has 180 valence electrons. The van der Waals surface area contributed by atoms with Crippen LogP contribution < -0.4 is 10.1 Å². The molecule has 1 N–H and O–H groups in total. The van der Waals surface area contributed by atoms with E-state index in [0.717, 1.165) is 17.1 Å². The first-order chi connectivity index (χ1) is 16.9. The zero-order valence-corrected chi connectivity index (χ0v) is 20.2. The summed E-state index contributed by atoms with van der Waals surface area (Å²) in [5, 5.41) is 4.18. The average molecular weight is 494 g/mol. The van der Waals surface area contributed by atoms with Gasteiger partial charge in [-0.1, -0.05) is 29.8 Å². The van der Waals surface area contributed by atoms with Crippen molar-refractivity contribution in [3.63, 3.8) is 0 Å². The Bertz CT molecular complexity index is 1360. The topological polar surface area (TPSA) is 63.6 Å². The molecule has 1 aromatic heterocycles. The number of hydrogen-bond donors (Lipinski definition) is 1. The number of carbonyl (C=O) groups is 2. The average Bonchev–Trinajstić information content (AvgIpc) is 3.25. The predicted octanol–water partition coefficient (Wildman–Crippen LogP) is 6.58. The van der Waals surface area contributed by atoms with Crippen LogP contribution >= 0.6 is 11.6 Å². The summed E-state index contributed by atoms with van der Waals surface area (Å²) in [6, 6.07) is 18.3. The van der Waals surface area contributed by atoms with E-state index in [9.17, 15) is 14.0 Å². The molecule has 0 unspecified atom stereocenters. The van der Waals surface area contributed by atoms with Gasteiger partial charge in [-0.25, -0.2) is 9.18 Å². The summed E-state index contributed by atoms with van der Waals surface area (Å²) < 4.78 is 21.4. The molecular formula is C27H25ClFN3O3. The summed E-state index contributed by atoms with van der Waals surface area (Å²) >= 11 is 6.00. The number of nitrogens with one attached hydrogen (secondary N) is 1. The molecule has 1 heterocycles. The molecule has 0 aliphatic rings. The first-order valence-corrected chi connectivity index (χ1v) is 11.7. The molecular weight excluding hydrogens is 469 g/mol. The molecule has 4 aromatic rings. The lowest BCUT2D eigenvalue weighted by atomic mass is 10.1. The van der Waals surface area contributed by atoms with Crippen molar-refractivity contribution in [1.29, 1.82) is 0 Å². The Morgan fingerprint density at radius 3 is 2.46 bits per heavy atom. The molecule has 2 amide bonds. The van der Waals surface area contributed by atoms with E-state index < -0.39 is 17.8 Å². The van der Waals surface area contributed by atoms with Gasteiger partial charge in [0, 0.05) is 41.8 Å². The molecule has 3 aromatic carbocycles. The number of hydrogen-bond acceptors (Lipinski definition) is 3. The highest BCUT2D eigenvalue weighted by atomic mass is 35.5. The van der Waals surface area contributed by atoms with E-state index in [0.29, 0.717) is 35.7 Å². The third-order valence-corrected chi connectivity index (χ3v) is 5.98. The lowest BCUT2D eigenvalue weighted by Crippen LogP contribution is -2.33. The SMILES string of the molecule is CCN(CC)C(=O)Oc1ccc2c(ccn2Cc2ccc(Cl)cc2)c1NC(=O)c1cccc(F)c1. The first kappa shape index (κ1) is 24.3. The summed E-state index contributed by atoms with van der Waals surface area (Å²) in [6.45, 7) is 5.27. The third kappa shape index (κ3) is 5.46. The standard InChI is InChI=1S/C27H25ClFN3O3/c1-3-31(4-2)27(34)35-24-13-12-23-22(14-15-32(23)17-18-8-10-20(28)11-9-18)25(24)30-26(33)19-6-5-7-21(29)16-19/h5-16H,3-4,17H2,1-2H3,(H,30,33). The minimum atomic E-state index is -0.517. The van der Waals surface area contributed by atoms with Crippen LogP contribution in [-0.4, -0.2) is 34.6 Å². The number of nitrogens with zero attached hydrogens (tertiary/aromatic N) is 2. The summed E-state index contributed by atoms with van der Waals surface area (Å²) in [4.78, 5) is 27.2. The van der Waals surface area contributed by atoms with Crippen LogP contribution in [0.5, 0.6) is 5.75 Å².